The molecule has 2 heterocycles. The van der Waals surface area contributed by atoms with Gasteiger partial charge in [0.05, 0.1) is 4.90 Å². The SMILES string of the molecule is CC(C)(C)OC(=O)C1N(S(=O)(=O)c2ccc3c4c(oc3c2)CCCCCC4)CCSC1(C)C. The van der Waals surface area contributed by atoms with E-state index in [2.05, 4.69) is 0 Å². The van der Waals surface area contributed by atoms with Crippen LogP contribution in [0.25, 0.3) is 11.0 Å². The molecule has 2 aromatic rings. The predicted molar refractivity (Wildman–Crippen MR) is 132 cm³/mol. The summed E-state index contributed by atoms with van der Waals surface area (Å²) < 4.78 is 40.2. The van der Waals surface area contributed by atoms with E-state index in [9.17, 15) is 13.2 Å². The van der Waals surface area contributed by atoms with Gasteiger partial charge >= 0.3 is 5.97 Å². The smallest absolute Gasteiger partial charge is 0.326 e. The molecule has 8 heteroatoms. The fourth-order valence-electron chi connectivity index (χ4n) is 4.87. The van der Waals surface area contributed by atoms with E-state index in [-0.39, 0.29) is 11.4 Å². The summed E-state index contributed by atoms with van der Waals surface area (Å²) in [7, 11) is -3.93. The molecule has 1 atom stereocenters. The van der Waals surface area contributed by atoms with Crippen LogP contribution in [-0.2, 0) is 32.4 Å². The van der Waals surface area contributed by atoms with Crippen molar-refractivity contribution in [2.75, 3.05) is 12.3 Å². The van der Waals surface area contributed by atoms with Gasteiger partial charge in [-0.25, -0.2) is 8.42 Å². The van der Waals surface area contributed by atoms with Gasteiger partial charge in [-0.05, 0) is 66.0 Å². The van der Waals surface area contributed by atoms with Crippen LogP contribution < -0.4 is 0 Å². The van der Waals surface area contributed by atoms with Crippen LogP contribution in [0.2, 0.25) is 0 Å². The first-order chi connectivity index (χ1) is 15.4. The molecular weight excluding hydrogens is 458 g/mol. The first-order valence-electron chi connectivity index (χ1n) is 11.8. The molecule has 1 aliphatic heterocycles. The average molecular weight is 494 g/mol. The Morgan fingerprint density at radius 3 is 2.55 bits per heavy atom. The maximum atomic E-state index is 13.8. The van der Waals surface area contributed by atoms with Crippen molar-refractivity contribution < 1.29 is 22.4 Å². The Morgan fingerprint density at radius 2 is 1.85 bits per heavy atom. The van der Waals surface area contributed by atoms with E-state index in [1.807, 2.05) is 19.9 Å². The average Bonchev–Trinajstić information content (AvgIpc) is 3.01. The minimum Gasteiger partial charge on any atom is -0.461 e. The fourth-order valence-corrected chi connectivity index (χ4v) is 7.97. The van der Waals surface area contributed by atoms with Gasteiger partial charge in [0, 0.05) is 40.5 Å². The number of carbonyl (C=O) groups is 1. The van der Waals surface area contributed by atoms with Crippen LogP contribution in [0.1, 0.15) is 71.6 Å². The minimum atomic E-state index is -3.93. The van der Waals surface area contributed by atoms with Gasteiger partial charge in [-0.1, -0.05) is 12.8 Å². The summed E-state index contributed by atoms with van der Waals surface area (Å²) >= 11 is 1.60. The zero-order chi connectivity index (χ0) is 24.0. The topological polar surface area (TPSA) is 76.8 Å². The van der Waals surface area contributed by atoms with Crippen LogP contribution in [0.4, 0.5) is 0 Å². The Kier molecular flexibility index (Phi) is 6.66. The van der Waals surface area contributed by atoms with E-state index in [0.717, 1.165) is 36.8 Å². The molecule has 1 saturated heterocycles. The highest BCUT2D eigenvalue weighted by Gasteiger charge is 2.50. The first kappa shape index (κ1) is 24.6. The van der Waals surface area contributed by atoms with E-state index in [1.54, 1.807) is 44.7 Å². The van der Waals surface area contributed by atoms with Crippen LogP contribution in [0.15, 0.2) is 27.5 Å². The van der Waals surface area contributed by atoms with Crippen molar-refractivity contribution in [1.82, 2.24) is 4.31 Å². The van der Waals surface area contributed by atoms with E-state index in [0.29, 0.717) is 11.3 Å². The second-order valence-electron chi connectivity index (χ2n) is 10.6. The summed E-state index contributed by atoms with van der Waals surface area (Å²) in [6.45, 7) is 9.46. The van der Waals surface area contributed by atoms with Gasteiger partial charge in [-0.2, -0.15) is 16.1 Å². The maximum Gasteiger partial charge on any atom is 0.326 e. The lowest BCUT2D eigenvalue weighted by atomic mass is 9.97. The van der Waals surface area contributed by atoms with Crippen LogP contribution >= 0.6 is 11.8 Å². The van der Waals surface area contributed by atoms with Gasteiger partial charge in [0.2, 0.25) is 10.0 Å². The molecule has 1 aromatic carbocycles. The largest absolute Gasteiger partial charge is 0.461 e. The van der Waals surface area contributed by atoms with Gasteiger partial charge in [0.1, 0.15) is 23.0 Å². The number of ether oxygens (including phenoxy) is 1. The first-order valence-corrected chi connectivity index (χ1v) is 14.3. The molecule has 6 nitrogen and oxygen atoms in total. The molecule has 1 unspecified atom stereocenters. The van der Waals surface area contributed by atoms with E-state index in [1.165, 1.54) is 22.7 Å². The Bertz CT molecular complexity index is 1140. The molecule has 4 rings (SSSR count). The lowest BCUT2D eigenvalue weighted by molar-refractivity contribution is -0.160. The molecule has 0 bridgehead atoms. The summed E-state index contributed by atoms with van der Waals surface area (Å²) in [6.07, 6.45) is 6.49. The van der Waals surface area contributed by atoms with Gasteiger partial charge < -0.3 is 9.15 Å². The monoisotopic (exact) mass is 493 g/mol. The number of fused-ring (bicyclic) bond motifs is 3. The number of nitrogens with zero attached hydrogens (tertiary/aromatic N) is 1. The van der Waals surface area contributed by atoms with E-state index in [4.69, 9.17) is 9.15 Å². The molecule has 33 heavy (non-hydrogen) atoms. The number of furan rings is 1. The maximum absolute atomic E-state index is 13.8. The zero-order valence-electron chi connectivity index (χ0n) is 20.3. The molecule has 1 fully saturated rings. The standard InChI is InChI=1S/C25H35NO5S2/c1-24(2,3)31-23(27)22-25(4,5)32-15-14-26(22)33(28,29)17-12-13-19-18-10-8-6-7-9-11-20(18)30-21(19)16-17/h12-13,16,22H,6-11,14-15H2,1-5H3. The van der Waals surface area contributed by atoms with Gasteiger partial charge in [0.25, 0.3) is 0 Å². The predicted octanol–water partition coefficient (Wildman–Crippen LogP) is 5.32. The number of hydrogen-bond donors (Lipinski definition) is 0. The Hall–Kier alpha value is -1.51. The number of rotatable bonds is 3. The molecule has 0 radical (unpaired) electrons. The normalized spacial score (nSPS) is 22.4. The Balaban J connectivity index is 1.73. The van der Waals surface area contributed by atoms with Crippen LogP contribution in [0, 0.1) is 0 Å². The van der Waals surface area contributed by atoms with Crippen molar-refractivity contribution in [3.63, 3.8) is 0 Å². The van der Waals surface area contributed by atoms with Crippen molar-refractivity contribution >= 4 is 38.7 Å². The lowest BCUT2D eigenvalue weighted by Gasteiger charge is -2.44. The number of carbonyl (C=O) groups excluding carboxylic acids is 1. The third-order valence-electron chi connectivity index (χ3n) is 6.40. The van der Waals surface area contributed by atoms with Crippen molar-refractivity contribution in [2.45, 2.75) is 94.4 Å². The summed E-state index contributed by atoms with van der Waals surface area (Å²) in [4.78, 5) is 13.3. The van der Waals surface area contributed by atoms with E-state index >= 15 is 0 Å². The Morgan fingerprint density at radius 1 is 1.15 bits per heavy atom. The third kappa shape index (κ3) is 4.98. The van der Waals surface area contributed by atoms with Gasteiger partial charge in [-0.15, -0.1) is 0 Å². The molecule has 0 N–H and O–H groups in total. The Labute approximate surface area is 201 Å². The molecular formula is C25H35NO5S2. The molecule has 182 valence electrons. The lowest BCUT2D eigenvalue weighted by Crippen LogP contribution is -2.59. The summed E-state index contributed by atoms with van der Waals surface area (Å²) in [5, 5.41) is 1.00. The second kappa shape index (κ2) is 8.93. The van der Waals surface area contributed by atoms with Crippen LogP contribution in [0.5, 0.6) is 0 Å². The number of esters is 1. The molecule has 0 amide bonds. The molecule has 2 aliphatic rings. The minimum absolute atomic E-state index is 0.160. The quantitative estimate of drug-likeness (QED) is 0.539. The fraction of sp³-hybridized carbons (Fsp3) is 0.640. The third-order valence-corrected chi connectivity index (χ3v) is 9.61. The van der Waals surface area contributed by atoms with Gasteiger partial charge in [-0.3, -0.25) is 4.79 Å². The number of benzene rings is 1. The molecule has 0 spiro atoms. The second-order valence-corrected chi connectivity index (χ2v) is 14.2. The zero-order valence-corrected chi connectivity index (χ0v) is 21.9. The van der Waals surface area contributed by atoms with Crippen molar-refractivity contribution in [3.8, 4) is 0 Å². The van der Waals surface area contributed by atoms with Gasteiger partial charge in [0.15, 0.2) is 0 Å². The summed E-state index contributed by atoms with van der Waals surface area (Å²) in [5.74, 6) is 1.09. The number of hydrogen-bond acceptors (Lipinski definition) is 6. The highest BCUT2D eigenvalue weighted by molar-refractivity contribution is 8.00. The highest BCUT2D eigenvalue weighted by Crippen LogP contribution is 2.40. The highest BCUT2D eigenvalue weighted by atomic mass is 32.2. The number of thioether (sulfide) groups is 1. The van der Waals surface area contributed by atoms with Crippen molar-refractivity contribution in [2.24, 2.45) is 0 Å². The summed E-state index contributed by atoms with van der Waals surface area (Å²) in [5.41, 5.74) is 1.13. The molecule has 1 aromatic heterocycles. The number of sulfonamides is 1. The van der Waals surface area contributed by atoms with Crippen molar-refractivity contribution in [3.05, 3.63) is 29.5 Å². The summed E-state index contributed by atoms with van der Waals surface area (Å²) in [6, 6.07) is 4.26. The number of aryl methyl sites for hydroxylation is 2. The molecule has 1 aliphatic carbocycles. The molecule has 0 saturated carbocycles. The van der Waals surface area contributed by atoms with Crippen molar-refractivity contribution in [1.29, 1.82) is 0 Å². The van der Waals surface area contributed by atoms with Crippen LogP contribution in [-0.4, -0.2) is 47.4 Å². The van der Waals surface area contributed by atoms with E-state index < -0.39 is 32.4 Å². The van der Waals surface area contributed by atoms with Crippen LogP contribution in [0.3, 0.4) is 0 Å².